The summed E-state index contributed by atoms with van der Waals surface area (Å²) in [7, 11) is -3.30. The van der Waals surface area contributed by atoms with Crippen LogP contribution >= 0.6 is 0 Å². The van der Waals surface area contributed by atoms with E-state index < -0.39 is 10.0 Å². The Labute approximate surface area is 112 Å². The molecule has 6 nitrogen and oxygen atoms in total. The average Bonchev–Trinajstić information content (AvgIpc) is 2.38. The van der Waals surface area contributed by atoms with Crippen molar-refractivity contribution in [2.24, 2.45) is 0 Å². The number of amides is 1. The van der Waals surface area contributed by atoms with Gasteiger partial charge in [-0.15, -0.1) is 0 Å². The lowest BCUT2D eigenvalue weighted by Crippen LogP contribution is -2.35. The molecule has 104 valence electrons. The van der Waals surface area contributed by atoms with Crippen LogP contribution in [0.3, 0.4) is 0 Å². The maximum Gasteiger partial charge on any atom is 0.277 e. The number of rotatable bonds is 3. The Morgan fingerprint density at radius 1 is 1.26 bits per heavy atom. The quantitative estimate of drug-likeness (QED) is 0.905. The SMILES string of the molecule is CS(=O)(=O)Nc1ccc(C(=O)N2CCCCO2)cc1. The first-order chi connectivity index (χ1) is 8.96. The van der Waals surface area contributed by atoms with Gasteiger partial charge in [0.2, 0.25) is 10.0 Å². The third-order valence-electron chi connectivity index (χ3n) is 2.66. The van der Waals surface area contributed by atoms with E-state index in [0.29, 0.717) is 24.4 Å². The number of carbonyl (C=O) groups is 1. The zero-order chi connectivity index (χ0) is 13.9. The number of nitrogens with zero attached hydrogens (tertiary/aromatic N) is 1. The molecule has 1 fully saturated rings. The molecule has 1 aliphatic rings. The number of anilines is 1. The molecule has 2 rings (SSSR count). The molecule has 1 heterocycles. The Hall–Kier alpha value is -1.60. The normalized spacial score (nSPS) is 16.2. The second-order valence-electron chi connectivity index (χ2n) is 4.40. The van der Waals surface area contributed by atoms with Gasteiger partial charge in [0.05, 0.1) is 12.9 Å². The lowest BCUT2D eigenvalue weighted by atomic mass is 10.2. The van der Waals surface area contributed by atoms with Gasteiger partial charge in [0.25, 0.3) is 5.91 Å². The Bertz CT molecular complexity index is 548. The average molecular weight is 284 g/mol. The minimum absolute atomic E-state index is 0.203. The van der Waals surface area contributed by atoms with Crippen LogP contribution in [0.25, 0.3) is 0 Å². The maximum absolute atomic E-state index is 12.1. The van der Waals surface area contributed by atoms with Crippen LogP contribution in [0.2, 0.25) is 0 Å². The zero-order valence-electron chi connectivity index (χ0n) is 10.6. The highest BCUT2D eigenvalue weighted by Crippen LogP contribution is 2.15. The molecule has 19 heavy (non-hydrogen) atoms. The van der Waals surface area contributed by atoms with Crippen LogP contribution in [0.4, 0.5) is 5.69 Å². The molecule has 0 radical (unpaired) electrons. The van der Waals surface area contributed by atoms with E-state index in [-0.39, 0.29) is 5.91 Å². The highest BCUT2D eigenvalue weighted by atomic mass is 32.2. The molecule has 0 spiro atoms. The molecular formula is C12H16N2O4S. The second kappa shape index (κ2) is 5.58. The van der Waals surface area contributed by atoms with E-state index in [1.165, 1.54) is 5.06 Å². The smallest absolute Gasteiger partial charge is 0.277 e. The van der Waals surface area contributed by atoms with Crippen LogP contribution in [0.1, 0.15) is 23.2 Å². The fraction of sp³-hybridized carbons (Fsp3) is 0.417. The first-order valence-electron chi connectivity index (χ1n) is 5.98. The van der Waals surface area contributed by atoms with E-state index in [1.54, 1.807) is 24.3 Å². The minimum Gasteiger partial charge on any atom is -0.284 e. The van der Waals surface area contributed by atoms with Crippen molar-refractivity contribution in [1.29, 1.82) is 0 Å². The Kier molecular flexibility index (Phi) is 4.06. The van der Waals surface area contributed by atoms with E-state index in [1.807, 2.05) is 0 Å². The van der Waals surface area contributed by atoms with Gasteiger partial charge < -0.3 is 0 Å². The Morgan fingerprint density at radius 3 is 2.47 bits per heavy atom. The number of carbonyl (C=O) groups excluding carboxylic acids is 1. The lowest BCUT2D eigenvalue weighted by Gasteiger charge is -2.25. The van der Waals surface area contributed by atoms with Gasteiger partial charge in [-0.2, -0.15) is 0 Å². The van der Waals surface area contributed by atoms with E-state index in [9.17, 15) is 13.2 Å². The highest BCUT2D eigenvalue weighted by Gasteiger charge is 2.19. The van der Waals surface area contributed by atoms with E-state index >= 15 is 0 Å². The predicted octanol–water partition coefficient (Wildman–Crippen LogP) is 1.23. The standard InChI is InChI=1S/C12H16N2O4S/c1-19(16,17)13-11-6-4-10(5-7-11)12(15)14-8-2-3-9-18-14/h4-7,13H,2-3,8-9H2,1H3. The predicted molar refractivity (Wildman–Crippen MR) is 71.1 cm³/mol. The van der Waals surface area contributed by atoms with Crippen molar-refractivity contribution in [3.05, 3.63) is 29.8 Å². The largest absolute Gasteiger partial charge is 0.284 e. The summed E-state index contributed by atoms with van der Waals surface area (Å²) in [6, 6.07) is 6.26. The minimum atomic E-state index is -3.30. The molecule has 0 atom stereocenters. The van der Waals surface area contributed by atoms with Gasteiger partial charge in [0.1, 0.15) is 0 Å². The van der Waals surface area contributed by atoms with E-state index in [0.717, 1.165) is 19.1 Å². The van der Waals surface area contributed by atoms with Crippen molar-refractivity contribution in [2.45, 2.75) is 12.8 Å². The monoisotopic (exact) mass is 284 g/mol. The van der Waals surface area contributed by atoms with Crippen LogP contribution in [0, 0.1) is 0 Å². The number of benzene rings is 1. The fourth-order valence-corrected chi connectivity index (χ4v) is 2.36. The second-order valence-corrected chi connectivity index (χ2v) is 6.15. The van der Waals surface area contributed by atoms with Crippen LogP contribution < -0.4 is 4.72 Å². The summed E-state index contributed by atoms with van der Waals surface area (Å²) in [5.74, 6) is -0.203. The molecule has 1 amide bonds. The van der Waals surface area contributed by atoms with Crippen molar-refractivity contribution < 1.29 is 18.0 Å². The van der Waals surface area contributed by atoms with Crippen LogP contribution in [0.15, 0.2) is 24.3 Å². The van der Waals surface area contributed by atoms with Crippen LogP contribution in [0.5, 0.6) is 0 Å². The third-order valence-corrected chi connectivity index (χ3v) is 3.27. The summed E-state index contributed by atoms with van der Waals surface area (Å²) in [4.78, 5) is 17.3. The number of hydrogen-bond donors (Lipinski definition) is 1. The molecular weight excluding hydrogens is 268 g/mol. The van der Waals surface area contributed by atoms with Crippen LogP contribution in [-0.2, 0) is 14.9 Å². The lowest BCUT2D eigenvalue weighted by molar-refractivity contribution is -0.144. The summed E-state index contributed by atoms with van der Waals surface area (Å²) < 4.78 is 24.5. The van der Waals surface area contributed by atoms with Crippen molar-refractivity contribution in [3.8, 4) is 0 Å². The molecule has 7 heteroatoms. The van der Waals surface area contributed by atoms with E-state index in [4.69, 9.17) is 4.84 Å². The number of hydroxylamine groups is 2. The topological polar surface area (TPSA) is 75.7 Å². The third kappa shape index (κ3) is 3.93. The van der Waals surface area contributed by atoms with Gasteiger partial charge in [0.15, 0.2) is 0 Å². The Balaban J connectivity index is 2.07. The molecule has 0 unspecified atom stereocenters. The van der Waals surface area contributed by atoms with E-state index in [2.05, 4.69) is 4.72 Å². The van der Waals surface area contributed by atoms with Gasteiger partial charge >= 0.3 is 0 Å². The molecule has 1 aromatic carbocycles. The van der Waals surface area contributed by atoms with Crippen molar-refractivity contribution in [2.75, 3.05) is 24.1 Å². The van der Waals surface area contributed by atoms with Gasteiger partial charge in [-0.25, -0.2) is 13.5 Å². The molecule has 1 saturated heterocycles. The van der Waals surface area contributed by atoms with Gasteiger partial charge in [0, 0.05) is 17.8 Å². The Morgan fingerprint density at radius 2 is 1.95 bits per heavy atom. The molecule has 1 aliphatic heterocycles. The number of sulfonamides is 1. The maximum atomic E-state index is 12.1. The fourth-order valence-electron chi connectivity index (χ4n) is 1.80. The molecule has 0 bridgehead atoms. The van der Waals surface area contributed by atoms with Crippen molar-refractivity contribution in [1.82, 2.24) is 5.06 Å². The molecule has 0 aromatic heterocycles. The first kappa shape index (κ1) is 13.8. The first-order valence-corrected chi connectivity index (χ1v) is 7.87. The summed E-state index contributed by atoms with van der Waals surface area (Å²) >= 11 is 0. The van der Waals surface area contributed by atoms with Gasteiger partial charge in [-0.3, -0.25) is 14.4 Å². The zero-order valence-corrected chi connectivity index (χ0v) is 11.4. The molecule has 0 aliphatic carbocycles. The molecule has 1 aromatic rings. The summed E-state index contributed by atoms with van der Waals surface area (Å²) in [5, 5.41) is 1.35. The van der Waals surface area contributed by atoms with Gasteiger partial charge in [-0.05, 0) is 37.1 Å². The number of nitrogens with one attached hydrogen (secondary N) is 1. The van der Waals surface area contributed by atoms with Gasteiger partial charge in [-0.1, -0.05) is 0 Å². The van der Waals surface area contributed by atoms with Crippen molar-refractivity contribution >= 4 is 21.6 Å². The highest BCUT2D eigenvalue weighted by molar-refractivity contribution is 7.92. The van der Waals surface area contributed by atoms with Crippen LogP contribution in [-0.4, -0.2) is 38.8 Å². The summed E-state index contributed by atoms with van der Waals surface area (Å²) in [6.07, 6.45) is 2.97. The summed E-state index contributed by atoms with van der Waals surface area (Å²) in [5.41, 5.74) is 0.902. The van der Waals surface area contributed by atoms with Crippen molar-refractivity contribution in [3.63, 3.8) is 0 Å². The summed E-state index contributed by atoms with van der Waals surface area (Å²) in [6.45, 7) is 1.14. The molecule has 0 saturated carbocycles. The number of hydrogen-bond acceptors (Lipinski definition) is 4. The molecule has 1 N–H and O–H groups in total.